The predicted molar refractivity (Wildman–Crippen MR) is 353 cm³/mol. The molecule has 0 bridgehead atoms. The molecule has 0 heterocycles. The number of hydrogen-bond acceptors (Lipinski definition) is 6. The lowest BCUT2D eigenvalue weighted by molar-refractivity contribution is -0.166. The molecule has 0 spiro atoms. The summed E-state index contributed by atoms with van der Waals surface area (Å²) in [5.41, 5.74) is 0. The van der Waals surface area contributed by atoms with E-state index in [-0.39, 0.29) is 38.0 Å². The van der Waals surface area contributed by atoms with Crippen molar-refractivity contribution in [3.05, 3.63) is 122 Å². The van der Waals surface area contributed by atoms with Crippen LogP contribution in [0.25, 0.3) is 0 Å². The van der Waals surface area contributed by atoms with E-state index in [1.807, 2.05) is 6.08 Å². The lowest BCUT2D eigenvalue weighted by Gasteiger charge is -2.18. The molecule has 81 heavy (non-hydrogen) atoms. The molecule has 0 saturated carbocycles. The van der Waals surface area contributed by atoms with E-state index >= 15 is 0 Å². The standard InChI is InChI=1S/C75H126O6/c1-4-7-10-13-16-19-22-25-28-30-32-33-34-35-36-37-38-39-40-41-43-44-47-50-53-56-59-62-65-68-74(77)80-71-72(70-79-73(76)67-64-61-58-55-52-49-46-27-24-21-18-15-12-9-6-3)81-75(78)69-66-63-60-57-54-51-48-45-42-31-29-26-23-20-17-14-11-8-5-2/h8-9,11-12,17-18,20-21,26-27,29,42,45-46,51-52,54-55,61,64,72H,4-7,10,13-16,19,22-25,28,30-41,43-44,47-50,53,56-60,62-63,65-71H2,1-3H3/b11-8-,12-9-,20-17-,21-18-,29-26-,45-42-,46-27-,54-51-,55-52-,64-61-. The van der Waals surface area contributed by atoms with Crippen LogP contribution in [0.5, 0.6) is 0 Å². The van der Waals surface area contributed by atoms with Crippen LogP contribution >= 0.6 is 0 Å². The quantitative estimate of drug-likeness (QED) is 0.0261. The van der Waals surface area contributed by atoms with Crippen LogP contribution in [0.3, 0.4) is 0 Å². The second kappa shape index (κ2) is 68.3. The van der Waals surface area contributed by atoms with Gasteiger partial charge in [0, 0.05) is 12.8 Å². The van der Waals surface area contributed by atoms with Crippen molar-refractivity contribution in [2.24, 2.45) is 0 Å². The zero-order valence-corrected chi connectivity index (χ0v) is 53.0. The van der Waals surface area contributed by atoms with E-state index in [2.05, 4.69) is 130 Å². The molecule has 0 aromatic rings. The summed E-state index contributed by atoms with van der Waals surface area (Å²) in [6, 6.07) is 0. The molecule has 0 aromatic carbocycles. The Morgan fingerprint density at radius 2 is 0.531 bits per heavy atom. The Kier molecular flexibility index (Phi) is 64.8. The van der Waals surface area contributed by atoms with Crippen molar-refractivity contribution in [3.63, 3.8) is 0 Å². The minimum Gasteiger partial charge on any atom is -0.462 e. The molecular formula is C75H126O6. The second-order valence-electron chi connectivity index (χ2n) is 22.3. The number of carbonyl (C=O) groups excluding carboxylic acids is 3. The average molecular weight is 1120 g/mol. The molecule has 6 nitrogen and oxygen atoms in total. The highest BCUT2D eigenvalue weighted by molar-refractivity contribution is 5.72. The van der Waals surface area contributed by atoms with Gasteiger partial charge in [-0.1, -0.05) is 328 Å². The molecule has 0 N–H and O–H groups in total. The van der Waals surface area contributed by atoms with Crippen LogP contribution in [0.2, 0.25) is 0 Å². The van der Waals surface area contributed by atoms with Gasteiger partial charge >= 0.3 is 17.9 Å². The van der Waals surface area contributed by atoms with Crippen LogP contribution in [-0.2, 0) is 28.6 Å². The first-order valence-electron chi connectivity index (χ1n) is 34.0. The van der Waals surface area contributed by atoms with Crippen molar-refractivity contribution in [3.8, 4) is 0 Å². The van der Waals surface area contributed by atoms with Gasteiger partial charge in [-0.2, -0.15) is 0 Å². The van der Waals surface area contributed by atoms with Gasteiger partial charge in [0.25, 0.3) is 0 Å². The molecule has 0 aromatic heterocycles. The van der Waals surface area contributed by atoms with Crippen molar-refractivity contribution in [1.82, 2.24) is 0 Å². The summed E-state index contributed by atoms with van der Waals surface area (Å²) in [5, 5.41) is 0. The Morgan fingerprint density at radius 3 is 0.864 bits per heavy atom. The molecule has 6 heteroatoms. The van der Waals surface area contributed by atoms with E-state index in [1.54, 1.807) is 6.08 Å². The highest BCUT2D eigenvalue weighted by Gasteiger charge is 2.19. The summed E-state index contributed by atoms with van der Waals surface area (Å²) in [5.74, 6) is -1.08. The van der Waals surface area contributed by atoms with E-state index in [0.717, 1.165) is 103 Å². The molecule has 0 radical (unpaired) electrons. The summed E-state index contributed by atoms with van der Waals surface area (Å²) in [6.07, 6.45) is 95.5. The highest BCUT2D eigenvalue weighted by atomic mass is 16.6. The first-order chi connectivity index (χ1) is 40.0. The number of esters is 3. The monoisotopic (exact) mass is 1120 g/mol. The third kappa shape index (κ3) is 66.5. The lowest BCUT2D eigenvalue weighted by atomic mass is 10.0. The smallest absolute Gasteiger partial charge is 0.309 e. The van der Waals surface area contributed by atoms with E-state index in [1.165, 1.54) is 167 Å². The van der Waals surface area contributed by atoms with Crippen molar-refractivity contribution in [1.29, 1.82) is 0 Å². The molecule has 462 valence electrons. The minimum absolute atomic E-state index is 0.117. The number of allylic oxidation sites excluding steroid dienone is 19. The summed E-state index contributed by atoms with van der Waals surface area (Å²) < 4.78 is 16.8. The molecule has 0 saturated heterocycles. The van der Waals surface area contributed by atoms with E-state index in [4.69, 9.17) is 14.2 Å². The Balaban J connectivity index is 4.35. The lowest BCUT2D eigenvalue weighted by Crippen LogP contribution is -2.30. The zero-order valence-electron chi connectivity index (χ0n) is 53.0. The van der Waals surface area contributed by atoms with Crippen molar-refractivity contribution in [2.45, 2.75) is 322 Å². The maximum Gasteiger partial charge on any atom is 0.309 e. The first-order valence-corrected chi connectivity index (χ1v) is 34.0. The van der Waals surface area contributed by atoms with Crippen LogP contribution in [0.15, 0.2) is 122 Å². The molecule has 0 amide bonds. The zero-order chi connectivity index (χ0) is 58.5. The van der Waals surface area contributed by atoms with Crippen LogP contribution in [0.4, 0.5) is 0 Å². The third-order valence-corrected chi connectivity index (χ3v) is 14.5. The Hall–Kier alpha value is -4.19. The SMILES string of the molecule is CC/C=C\C/C=C\C/C=C\C/C=C\C/C=C\CCCCCC(=O)OC(COC(=O)C/C=C\C/C=C\C/C=C\C/C=C\C/C=C\CC)COC(=O)CCCCCCCCCCCCCCCCCCCCCCCCCCCCCCC. The molecule has 0 aliphatic rings. The van der Waals surface area contributed by atoms with Gasteiger partial charge in [0.2, 0.25) is 0 Å². The number of hydrogen-bond donors (Lipinski definition) is 0. The molecule has 0 fully saturated rings. The molecule has 0 aliphatic carbocycles. The summed E-state index contributed by atoms with van der Waals surface area (Å²) in [6.45, 7) is 6.33. The van der Waals surface area contributed by atoms with Gasteiger partial charge in [0.05, 0.1) is 6.42 Å². The summed E-state index contributed by atoms with van der Waals surface area (Å²) >= 11 is 0. The van der Waals surface area contributed by atoms with Gasteiger partial charge in [-0.15, -0.1) is 0 Å². The van der Waals surface area contributed by atoms with Crippen molar-refractivity contribution in [2.75, 3.05) is 13.2 Å². The average Bonchev–Trinajstić information content (AvgIpc) is 3.47. The number of unbranched alkanes of at least 4 members (excludes halogenated alkanes) is 31. The normalized spacial score (nSPS) is 12.9. The maximum absolute atomic E-state index is 12.9. The Bertz CT molecular complexity index is 1670. The van der Waals surface area contributed by atoms with Crippen molar-refractivity contribution < 1.29 is 28.6 Å². The van der Waals surface area contributed by atoms with Gasteiger partial charge in [-0.05, 0) is 89.9 Å². The maximum atomic E-state index is 12.9. The fourth-order valence-electron chi connectivity index (χ4n) is 9.49. The first kappa shape index (κ1) is 76.8. The predicted octanol–water partition coefficient (Wildman–Crippen LogP) is 23.6. The van der Waals surface area contributed by atoms with Gasteiger partial charge in [0.15, 0.2) is 6.10 Å². The van der Waals surface area contributed by atoms with Crippen LogP contribution in [0.1, 0.15) is 316 Å². The van der Waals surface area contributed by atoms with Crippen molar-refractivity contribution >= 4 is 17.9 Å². The summed E-state index contributed by atoms with van der Waals surface area (Å²) in [7, 11) is 0. The molecule has 1 unspecified atom stereocenters. The van der Waals surface area contributed by atoms with E-state index in [9.17, 15) is 14.4 Å². The van der Waals surface area contributed by atoms with Gasteiger partial charge < -0.3 is 14.2 Å². The van der Waals surface area contributed by atoms with Crippen LogP contribution in [0, 0.1) is 0 Å². The highest BCUT2D eigenvalue weighted by Crippen LogP contribution is 2.17. The number of ether oxygens (including phenoxy) is 3. The molecular weight excluding hydrogens is 997 g/mol. The largest absolute Gasteiger partial charge is 0.462 e. The number of carbonyl (C=O) groups is 3. The minimum atomic E-state index is -0.839. The third-order valence-electron chi connectivity index (χ3n) is 14.5. The Morgan fingerprint density at radius 1 is 0.272 bits per heavy atom. The van der Waals surface area contributed by atoms with E-state index in [0.29, 0.717) is 12.8 Å². The molecule has 0 rings (SSSR count). The van der Waals surface area contributed by atoms with Gasteiger partial charge in [-0.25, -0.2) is 0 Å². The van der Waals surface area contributed by atoms with Crippen LogP contribution in [-0.4, -0.2) is 37.2 Å². The Labute approximate surface area is 501 Å². The fraction of sp³-hybridized carbons (Fsp3) is 0.693. The van der Waals surface area contributed by atoms with Crippen LogP contribution < -0.4 is 0 Å². The summed E-state index contributed by atoms with van der Waals surface area (Å²) in [4.78, 5) is 38.3. The number of rotatable bonds is 61. The topological polar surface area (TPSA) is 78.9 Å². The van der Waals surface area contributed by atoms with Gasteiger partial charge in [0.1, 0.15) is 13.2 Å². The van der Waals surface area contributed by atoms with E-state index < -0.39 is 12.1 Å². The fourth-order valence-corrected chi connectivity index (χ4v) is 9.49. The molecule has 1 atom stereocenters. The second-order valence-corrected chi connectivity index (χ2v) is 22.3. The molecule has 0 aliphatic heterocycles. The van der Waals surface area contributed by atoms with Gasteiger partial charge in [-0.3, -0.25) is 14.4 Å².